The average Bonchev–Trinajstić information content (AvgIpc) is 2.78. The van der Waals surface area contributed by atoms with Crippen LogP contribution in [-0.2, 0) is 13.0 Å². The summed E-state index contributed by atoms with van der Waals surface area (Å²) in [6.07, 6.45) is 1.05. The lowest BCUT2D eigenvalue weighted by Crippen LogP contribution is -2.03. The summed E-state index contributed by atoms with van der Waals surface area (Å²) in [5.74, 6) is 0.457. The molecule has 4 nitrogen and oxygen atoms in total. The fourth-order valence-corrected chi connectivity index (χ4v) is 2.45. The van der Waals surface area contributed by atoms with E-state index in [4.69, 9.17) is 23.2 Å². The van der Waals surface area contributed by atoms with E-state index in [1.54, 1.807) is 11.3 Å². The summed E-state index contributed by atoms with van der Waals surface area (Å²) < 4.78 is 0. The first kappa shape index (κ1) is 12.5. The zero-order valence-electron chi connectivity index (χ0n) is 9.07. The first-order chi connectivity index (χ1) is 8.19. The summed E-state index contributed by atoms with van der Waals surface area (Å²) >= 11 is 13.2. The molecule has 0 saturated carbocycles. The molecule has 0 aliphatic rings. The Morgan fingerprint density at radius 2 is 2.00 bits per heavy atom. The first-order valence-electron chi connectivity index (χ1n) is 5.06. The van der Waals surface area contributed by atoms with E-state index >= 15 is 0 Å². The molecule has 90 valence electrons. The molecule has 17 heavy (non-hydrogen) atoms. The predicted octanol–water partition coefficient (Wildman–Crippen LogP) is 3.41. The summed E-state index contributed by atoms with van der Waals surface area (Å²) in [5.41, 5.74) is 0. The molecule has 0 atom stereocenters. The van der Waals surface area contributed by atoms with Crippen molar-refractivity contribution in [3.8, 4) is 0 Å². The number of halogens is 2. The van der Waals surface area contributed by atoms with E-state index in [1.165, 1.54) is 9.75 Å². The summed E-state index contributed by atoms with van der Waals surface area (Å²) in [7, 11) is 0. The Morgan fingerprint density at radius 3 is 2.71 bits per heavy atom. The van der Waals surface area contributed by atoms with Crippen molar-refractivity contribution in [3.05, 3.63) is 32.3 Å². The number of hydrogen-bond acceptors (Lipinski definition) is 5. The van der Waals surface area contributed by atoms with Gasteiger partial charge in [-0.1, -0.05) is 18.5 Å². The third-order valence-electron chi connectivity index (χ3n) is 2.12. The van der Waals surface area contributed by atoms with Crippen LogP contribution in [0.5, 0.6) is 0 Å². The van der Waals surface area contributed by atoms with E-state index in [-0.39, 0.29) is 10.4 Å². The van der Waals surface area contributed by atoms with Gasteiger partial charge in [0.05, 0.1) is 6.54 Å². The van der Waals surface area contributed by atoms with Crippen LogP contribution in [0.4, 0.5) is 5.82 Å². The van der Waals surface area contributed by atoms with E-state index in [2.05, 4.69) is 39.6 Å². The zero-order chi connectivity index (χ0) is 12.3. The molecule has 2 aromatic heterocycles. The molecule has 0 amide bonds. The van der Waals surface area contributed by atoms with Gasteiger partial charge in [-0.05, 0) is 30.2 Å². The number of anilines is 1. The Morgan fingerprint density at radius 1 is 1.24 bits per heavy atom. The number of hydrogen-bond donors (Lipinski definition) is 1. The number of aryl methyl sites for hydroxylation is 1. The van der Waals surface area contributed by atoms with Gasteiger partial charge in [-0.2, -0.15) is 4.98 Å². The Hall–Kier alpha value is -0.910. The number of rotatable bonds is 4. The number of nitrogens with one attached hydrogen (secondary N) is 1. The molecule has 7 heteroatoms. The molecular formula is C10H10Cl2N4S. The highest BCUT2D eigenvalue weighted by Gasteiger charge is 2.06. The van der Waals surface area contributed by atoms with E-state index in [9.17, 15) is 0 Å². The maximum atomic E-state index is 5.84. The Bertz CT molecular complexity index is 515. The van der Waals surface area contributed by atoms with Crippen molar-refractivity contribution in [3.63, 3.8) is 0 Å². The molecule has 0 fully saturated rings. The second-order valence-electron chi connectivity index (χ2n) is 3.30. The molecular weight excluding hydrogens is 279 g/mol. The summed E-state index contributed by atoms with van der Waals surface area (Å²) in [4.78, 5) is 6.54. The zero-order valence-corrected chi connectivity index (χ0v) is 11.4. The van der Waals surface area contributed by atoms with E-state index in [1.807, 2.05) is 0 Å². The quantitative estimate of drug-likeness (QED) is 0.937. The normalized spacial score (nSPS) is 10.5. The van der Waals surface area contributed by atoms with Crippen LogP contribution in [0.3, 0.4) is 0 Å². The van der Waals surface area contributed by atoms with Crippen LogP contribution in [0.25, 0.3) is 0 Å². The molecule has 0 saturated heterocycles. The number of nitrogens with zero attached hydrogens (tertiary/aromatic N) is 3. The largest absolute Gasteiger partial charge is 0.362 e. The van der Waals surface area contributed by atoms with Crippen LogP contribution < -0.4 is 5.32 Å². The minimum absolute atomic E-state index is 0.0809. The van der Waals surface area contributed by atoms with Gasteiger partial charge < -0.3 is 5.32 Å². The molecule has 0 aliphatic heterocycles. The Labute approximate surface area is 113 Å². The lowest BCUT2D eigenvalue weighted by Gasteiger charge is -2.04. The number of aromatic nitrogens is 3. The highest BCUT2D eigenvalue weighted by atomic mass is 35.5. The summed E-state index contributed by atoms with van der Waals surface area (Å²) in [6, 6.07) is 4.20. The van der Waals surface area contributed by atoms with Gasteiger partial charge in [-0.15, -0.1) is 21.5 Å². The minimum atomic E-state index is 0.0809. The molecule has 0 bridgehead atoms. The van der Waals surface area contributed by atoms with Gasteiger partial charge in [-0.25, -0.2) is 0 Å². The van der Waals surface area contributed by atoms with Crippen LogP contribution in [0.1, 0.15) is 16.7 Å². The van der Waals surface area contributed by atoms with Crippen molar-refractivity contribution in [2.75, 3.05) is 5.32 Å². The lowest BCUT2D eigenvalue weighted by atomic mass is 10.3. The molecule has 0 aliphatic carbocycles. The summed E-state index contributed by atoms with van der Waals surface area (Å²) in [6.45, 7) is 2.79. The van der Waals surface area contributed by atoms with Crippen LogP contribution in [0.2, 0.25) is 10.4 Å². The second kappa shape index (κ2) is 5.62. The molecule has 0 spiro atoms. The minimum Gasteiger partial charge on any atom is -0.362 e. The van der Waals surface area contributed by atoms with E-state index in [0.29, 0.717) is 12.4 Å². The fraction of sp³-hybridized carbons (Fsp3) is 0.300. The highest BCUT2D eigenvalue weighted by molar-refractivity contribution is 7.12. The van der Waals surface area contributed by atoms with Gasteiger partial charge in [0.25, 0.3) is 0 Å². The lowest BCUT2D eigenvalue weighted by molar-refractivity contribution is 0.961. The van der Waals surface area contributed by atoms with Crippen molar-refractivity contribution in [1.29, 1.82) is 0 Å². The van der Waals surface area contributed by atoms with E-state index in [0.717, 1.165) is 6.42 Å². The standard InChI is InChI=1S/C10H10Cl2N4S/c1-2-6-3-4-7(17-6)5-13-9-8(11)15-16-10(12)14-9/h3-4H,2,5H2,1H3,(H,13,14,16). The third kappa shape index (κ3) is 3.28. The van der Waals surface area contributed by atoms with Crippen molar-refractivity contribution < 1.29 is 0 Å². The molecule has 2 rings (SSSR count). The molecule has 0 aromatic carbocycles. The smallest absolute Gasteiger partial charge is 0.245 e. The van der Waals surface area contributed by atoms with Crippen LogP contribution in [0, 0.1) is 0 Å². The van der Waals surface area contributed by atoms with Crippen LogP contribution in [0.15, 0.2) is 12.1 Å². The third-order valence-corrected chi connectivity index (χ3v) is 3.76. The van der Waals surface area contributed by atoms with E-state index < -0.39 is 0 Å². The average molecular weight is 289 g/mol. The Balaban J connectivity index is 2.04. The number of thiophene rings is 1. The second-order valence-corrected chi connectivity index (χ2v) is 5.24. The van der Waals surface area contributed by atoms with Gasteiger partial charge >= 0.3 is 0 Å². The molecule has 1 N–H and O–H groups in total. The fourth-order valence-electron chi connectivity index (χ4n) is 1.28. The highest BCUT2D eigenvalue weighted by Crippen LogP contribution is 2.21. The van der Waals surface area contributed by atoms with Crippen molar-refractivity contribution in [1.82, 2.24) is 15.2 Å². The maximum absolute atomic E-state index is 5.84. The molecule has 0 radical (unpaired) electrons. The van der Waals surface area contributed by atoms with Crippen LogP contribution >= 0.6 is 34.5 Å². The molecule has 2 heterocycles. The molecule has 0 unspecified atom stereocenters. The first-order valence-corrected chi connectivity index (χ1v) is 6.63. The van der Waals surface area contributed by atoms with Gasteiger partial charge in [0.1, 0.15) is 0 Å². The predicted molar refractivity (Wildman–Crippen MR) is 70.9 cm³/mol. The van der Waals surface area contributed by atoms with Gasteiger partial charge in [-0.3, -0.25) is 0 Å². The van der Waals surface area contributed by atoms with Crippen molar-refractivity contribution in [2.24, 2.45) is 0 Å². The van der Waals surface area contributed by atoms with Gasteiger partial charge in [0, 0.05) is 9.75 Å². The monoisotopic (exact) mass is 288 g/mol. The van der Waals surface area contributed by atoms with Crippen molar-refractivity contribution in [2.45, 2.75) is 19.9 Å². The Kier molecular flexibility index (Phi) is 4.15. The molecule has 2 aromatic rings. The van der Waals surface area contributed by atoms with Gasteiger partial charge in [0.15, 0.2) is 11.0 Å². The SMILES string of the molecule is CCc1ccc(CNc2nc(Cl)nnc2Cl)s1. The van der Waals surface area contributed by atoms with Crippen LogP contribution in [-0.4, -0.2) is 15.2 Å². The summed E-state index contributed by atoms with van der Waals surface area (Å²) in [5, 5.41) is 10.6. The van der Waals surface area contributed by atoms with Gasteiger partial charge in [0.2, 0.25) is 5.28 Å². The maximum Gasteiger partial charge on any atom is 0.245 e. The topological polar surface area (TPSA) is 50.7 Å². The van der Waals surface area contributed by atoms with Crippen molar-refractivity contribution >= 4 is 40.4 Å².